The van der Waals surface area contributed by atoms with Crippen molar-refractivity contribution in [3.63, 3.8) is 0 Å². The standard InChI is InChI=1S/C17H11Cl3N4O3/c18-13-6-1-10(7-14(13)19)8-23-9-15(20)16(22-23)21-17(25)11-2-4-12(5-3-11)24(26)27/h1-7,9H,8H2,(H,21,22,25). The number of nitro benzene ring substituents is 1. The summed E-state index contributed by atoms with van der Waals surface area (Å²) in [6.45, 7) is 0.379. The van der Waals surface area contributed by atoms with Crippen LogP contribution in [0.2, 0.25) is 15.1 Å². The second-order valence-corrected chi connectivity index (χ2v) is 6.75. The van der Waals surface area contributed by atoms with Crippen LogP contribution in [-0.2, 0) is 6.54 Å². The van der Waals surface area contributed by atoms with Gasteiger partial charge in [0.15, 0.2) is 5.82 Å². The summed E-state index contributed by atoms with van der Waals surface area (Å²) < 4.78 is 1.55. The highest BCUT2D eigenvalue weighted by Crippen LogP contribution is 2.25. The van der Waals surface area contributed by atoms with Gasteiger partial charge in [-0.05, 0) is 29.8 Å². The largest absolute Gasteiger partial charge is 0.304 e. The van der Waals surface area contributed by atoms with E-state index in [1.807, 2.05) is 0 Å². The zero-order chi connectivity index (χ0) is 19.6. The van der Waals surface area contributed by atoms with Gasteiger partial charge in [-0.25, -0.2) is 0 Å². The number of hydrogen-bond donors (Lipinski definition) is 1. The highest BCUT2D eigenvalue weighted by Gasteiger charge is 2.14. The van der Waals surface area contributed by atoms with Crippen molar-refractivity contribution in [2.45, 2.75) is 6.54 Å². The quantitative estimate of drug-likeness (QED) is 0.457. The number of aromatic nitrogens is 2. The van der Waals surface area contributed by atoms with Crippen molar-refractivity contribution in [1.29, 1.82) is 0 Å². The molecule has 0 aliphatic carbocycles. The van der Waals surface area contributed by atoms with Gasteiger partial charge in [-0.3, -0.25) is 19.6 Å². The molecule has 0 radical (unpaired) electrons. The van der Waals surface area contributed by atoms with Crippen LogP contribution >= 0.6 is 34.8 Å². The molecule has 1 N–H and O–H groups in total. The second-order valence-electron chi connectivity index (χ2n) is 5.53. The number of halogens is 3. The predicted molar refractivity (Wildman–Crippen MR) is 104 cm³/mol. The molecular formula is C17H11Cl3N4O3. The molecular weight excluding hydrogens is 415 g/mol. The minimum absolute atomic E-state index is 0.101. The maximum Gasteiger partial charge on any atom is 0.269 e. The van der Waals surface area contributed by atoms with Crippen molar-refractivity contribution >= 4 is 52.2 Å². The molecule has 10 heteroatoms. The van der Waals surface area contributed by atoms with E-state index in [9.17, 15) is 14.9 Å². The van der Waals surface area contributed by atoms with E-state index in [1.54, 1.807) is 29.1 Å². The minimum atomic E-state index is -0.538. The molecule has 0 saturated heterocycles. The Labute approximate surface area is 168 Å². The zero-order valence-corrected chi connectivity index (χ0v) is 15.8. The monoisotopic (exact) mass is 424 g/mol. The van der Waals surface area contributed by atoms with Gasteiger partial charge in [0.1, 0.15) is 5.02 Å². The average molecular weight is 426 g/mol. The Bertz CT molecular complexity index is 1020. The smallest absolute Gasteiger partial charge is 0.269 e. The van der Waals surface area contributed by atoms with Crippen molar-refractivity contribution in [3.8, 4) is 0 Å². The van der Waals surface area contributed by atoms with E-state index in [-0.39, 0.29) is 22.1 Å². The summed E-state index contributed by atoms with van der Waals surface area (Å²) in [5.74, 6) is -0.299. The van der Waals surface area contributed by atoms with Crippen LogP contribution in [0.25, 0.3) is 0 Å². The number of nitrogens with zero attached hydrogens (tertiary/aromatic N) is 3. The molecule has 0 bridgehead atoms. The van der Waals surface area contributed by atoms with Gasteiger partial charge in [-0.15, -0.1) is 0 Å². The molecule has 0 aliphatic rings. The summed E-state index contributed by atoms with van der Waals surface area (Å²) in [5, 5.41) is 18.6. The first-order chi connectivity index (χ1) is 12.8. The molecule has 0 unspecified atom stereocenters. The van der Waals surface area contributed by atoms with E-state index in [4.69, 9.17) is 34.8 Å². The Balaban J connectivity index is 1.73. The Hall–Kier alpha value is -2.61. The van der Waals surface area contributed by atoms with Crippen molar-refractivity contribution in [2.24, 2.45) is 0 Å². The van der Waals surface area contributed by atoms with Gasteiger partial charge in [0.05, 0.1) is 21.5 Å². The SMILES string of the molecule is O=C(Nc1nn(Cc2ccc(Cl)c(Cl)c2)cc1Cl)c1ccc([N+](=O)[O-])cc1. The molecule has 0 aliphatic heterocycles. The van der Waals surface area contributed by atoms with Crippen molar-refractivity contribution in [3.05, 3.63) is 85.0 Å². The van der Waals surface area contributed by atoms with Crippen LogP contribution in [0, 0.1) is 10.1 Å². The van der Waals surface area contributed by atoms with Crippen LogP contribution in [0.15, 0.2) is 48.7 Å². The highest BCUT2D eigenvalue weighted by molar-refractivity contribution is 6.42. The fourth-order valence-electron chi connectivity index (χ4n) is 2.30. The van der Waals surface area contributed by atoms with Crippen LogP contribution in [-0.4, -0.2) is 20.6 Å². The lowest BCUT2D eigenvalue weighted by atomic mass is 10.2. The van der Waals surface area contributed by atoms with E-state index in [1.165, 1.54) is 24.3 Å². The number of benzene rings is 2. The third-order valence-corrected chi connectivity index (χ3v) is 4.63. The van der Waals surface area contributed by atoms with Gasteiger partial charge >= 0.3 is 0 Å². The maximum absolute atomic E-state index is 12.3. The Morgan fingerprint density at radius 3 is 2.41 bits per heavy atom. The summed E-state index contributed by atoms with van der Waals surface area (Å²) >= 11 is 18.0. The van der Waals surface area contributed by atoms with E-state index in [2.05, 4.69) is 10.4 Å². The van der Waals surface area contributed by atoms with E-state index in [0.717, 1.165) is 5.56 Å². The molecule has 138 valence electrons. The number of carbonyl (C=O) groups is 1. The number of non-ortho nitro benzene ring substituents is 1. The van der Waals surface area contributed by atoms with Crippen LogP contribution < -0.4 is 5.32 Å². The molecule has 1 heterocycles. The normalized spacial score (nSPS) is 10.6. The minimum Gasteiger partial charge on any atom is -0.304 e. The molecule has 2 aromatic carbocycles. The number of anilines is 1. The first-order valence-corrected chi connectivity index (χ1v) is 8.69. The number of hydrogen-bond acceptors (Lipinski definition) is 4. The summed E-state index contributed by atoms with van der Waals surface area (Å²) in [6.07, 6.45) is 1.56. The fourth-order valence-corrected chi connectivity index (χ4v) is 2.82. The van der Waals surface area contributed by atoms with Crippen molar-refractivity contribution in [2.75, 3.05) is 5.32 Å². The lowest BCUT2D eigenvalue weighted by Gasteiger charge is -2.04. The molecule has 27 heavy (non-hydrogen) atoms. The van der Waals surface area contributed by atoms with Crippen LogP contribution in [0.4, 0.5) is 11.5 Å². The molecule has 3 aromatic rings. The van der Waals surface area contributed by atoms with Crippen LogP contribution in [0.5, 0.6) is 0 Å². The maximum atomic E-state index is 12.3. The molecule has 0 fully saturated rings. The first kappa shape index (κ1) is 19.2. The number of amides is 1. The number of nitro groups is 1. The lowest BCUT2D eigenvalue weighted by Crippen LogP contribution is -2.13. The number of rotatable bonds is 5. The lowest BCUT2D eigenvalue weighted by molar-refractivity contribution is -0.384. The second kappa shape index (κ2) is 7.96. The van der Waals surface area contributed by atoms with Crippen LogP contribution in [0.3, 0.4) is 0 Å². The summed E-state index contributed by atoms with van der Waals surface area (Å²) in [7, 11) is 0. The van der Waals surface area contributed by atoms with Gasteiger partial charge < -0.3 is 5.32 Å². The molecule has 3 rings (SSSR count). The van der Waals surface area contributed by atoms with E-state index < -0.39 is 10.8 Å². The topological polar surface area (TPSA) is 90.1 Å². The Morgan fingerprint density at radius 2 is 1.78 bits per heavy atom. The van der Waals surface area contributed by atoms with Crippen molar-refractivity contribution in [1.82, 2.24) is 9.78 Å². The summed E-state index contributed by atoms with van der Waals surface area (Å²) in [6, 6.07) is 10.4. The van der Waals surface area contributed by atoms with Gasteiger partial charge in [-0.2, -0.15) is 5.10 Å². The molecule has 7 nitrogen and oxygen atoms in total. The van der Waals surface area contributed by atoms with Crippen molar-refractivity contribution < 1.29 is 9.72 Å². The molecule has 1 amide bonds. The van der Waals surface area contributed by atoms with Gasteiger partial charge in [0.25, 0.3) is 11.6 Å². The molecule has 0 atom stereocenters. The highest BCUT2D eigenvalue weighted by atomic mass is 35.5. The summed E-state index contributed by atoms with van der Waals surface area (Å²) in [5.41, 5.74) is 1.00. The van der Waals surface area contributed by atoms with Crippen LogP contribution in [0.1, 0.15) is 15.9 Å². The van der Waals surface area contributed by atoms with E-state index >= 15 is 0 Å². The number of carbonyl (C=O) groups excluding carboxylic acids is 1. The van der Waals surface area contributed by atoms with Gasteiger partial charge in [0.2, 0.25) is 0 Å². The number of nitrogens with one attached hydrogen (secondary N) is 1. The van der Waals surface area contributed by atoms with Gasteiger partial charge in [-0.1, -0.05) is 40.9 Å². The first-order valence-electron chi connectivity index (χ1n) is 7.56. The Morgan fingerprint density at radius 1 is 1.07 bits per heavy atom. The predicted octanol–water partition coefficient (Wildman–Crippen LogP) is 5.05. The fraction of sp³-hybridized carbons (Fsp3) is 0.0588. The molecule has 0 saturated carbocycles. The van der Waals surface area contributed by atoms with E-state index in [0.29, 0.717) is 16.6 Å². The zero-order valence-electron chi connectivity index (χ0n) is 13.5. The van der Waals surface area contributed by atoms with Gasteiger partial charge in [0, 0.05) is 23.9 Å². The average Bonchev–Trinajstić information content (AvgIpc) is 2.97. The summed E-state index contributed by atoms with van der Waals surface area (Å²) in [4.78, 5) is 22.4. The molecule has 0 spiro atoms. The third kappa shape index (κ3) is 4.57. The third-order valence-electron chi connectivity index (χ3n) is 3.62. The molecule has 1 aromatic heterocycles. The Kier molecular flexibility index (Phi) is 5.65.